The van der Waals surface area contributed by atoms with E-state index in [-0.39, 0.29) is 0 Å². The minimum absolute atomic E-state index is 0.310. The highest BCUT2D eigenvalue weighted by atomic mass is 79.9. The zero-order valence-corrected chi connectivity index (χ0v) is 14.3. The molecule has 1 N–H and O–H groups in total. The quantitative estimate of drug-likeness (QED) is 0.745. The molecule has 0 saturated carbocycles. The maximum Gasteiger partial charge on any atom is 0.0758 e. The normalized spacial score (nSPS) is 14.4. The number of hydrogen-bond acceptors (Lipinski definition) is 2. The molecule has 2 aromatic rings. The number of thiophene rings is 1. The van der Waals surface area contributed by atoms with Gasteiger partial charge in [0.15, 0.2) is 0 Å². The lowest BCUT2D eigenvalue weighted by Gasteiger charge is -2.24. The Hall–Kier alpha value is -0.160. The smallest absolute Gasteiger partial charge is 0.0758 e. The molecule has 1 heterocycles. The zero-order valence-electron chi connectivity index (χ0n) is 10.3. The van der Waals surface area contributed by atoms with Gasteiger partial charge in [0.1, 0.15) is 0 Å². The first-order valence-corrected chi connectivity index (χ1v) is 8.20. The lowest BCUT2D eigenvalue weighted by Crippen LogP contribution is -2.22. The van der Waals surface area contributed by atoms with E-state index in [2.05, 4.69) is 80.5 Å². The van der Waals surface area contributed by atoms with Gasteiger partial charge >= 0.3 is 0 Å². The van der Waals surface area contributed by atoms with Crippen LogP contribution in [0.4, 0.5) is 0 Å². The van der Waals surface area contributed by atoms with Crippen LogP contribution in [0, 0.1) is 0 Å². The molecule has 96 valence electrons. The summed E-state index contributed by atoms with van der Waals surface area (Å²) in [5, 5.41) is 3.43. The third kappa shape index (κ3) is 3.05. The highest BCUT2D eigenvalue weighted by molar-refractivity contribution is 9.12. The third-order valence-electron chi connectivity index (χ3n) is 3.15. The van der Waals surface area contributed by atoms with Crippen LogP contribution in [0.1, 0.15) is 30.0 Å². The number of hydrogen-bond donors (Lipinski definition) is 1. The van der Waals surface area contributed by atoms with E-state index in [1.54, 1.807) is 11.3 Å². The molecule has 2 atom stereocenters. The summed E-state index contributed by atoms with van der Waals surface area (Å²) in [5.41, 5.74) is 2.66. The summed E-state index contributed by atoms with van der Waals surface area (Å²) in [6, 6.07) is 13.1. The maximum atomic E-state index is 3.65. The van der Waals surface area contributed by atoms with Crippen LogP contribution in [0.15, 0.2) is 44.0 Å². The first-order valence-electron chi connectivity index (χ1n) is 5.80. The molecule has 1 aromatic heterocycles. The van der Waals surface area contributed by atoms with Gasteiger partial charge in [-0.1, -0.05) is 37.3 Å². The predicted octanol–water partition coefficient (Wildman–Crippen LogP) is 5.34. The third-order valence-corrected chi connectivity index (χ3v) is 5.54. The van der Waals surface area contributed by atoms with Gasteiger partial charge in [-0.05, 0) is 56.1 Å². The van der Waals surface area contributed by atoms with Crippen LogP contribution < -0.4 is 5.32 Å². The molecule has 4 heteroatoms. The van der Waals surface area contributed by atoms with E-state index in [1.807, 2.05) is 7.05 Å². The van der Waals surface area contributed by atoms with Crippen LogP contribution in [0.5, 0.6) is 0 Å². The molecule has 0 bridgehead atoms. The minimum atomic E-state index is 0.310. The summed E-state index contributed by atoms with van der Waals surface area (Å²) in [6.07, 6.45) is 0. The van der Waals surface area contributed by atoms with Crippen molar-refractivity contribution in [2.45, 2.75) is 18.9 Å². The molecule has 2 unspecified atom stereocenters. The summed E-state index contributed by atoms with van der Waals surface area (Å²) >= 11 is 8.91. The Kier molecular flexibility index (Phi) is 5.01. The second-order valence-electron chi connectivity index (χ2n) is 4.25. The zero-order chi connectivity index (χ0) is 13.1. The van der Waals surface area contributed by atoms with Crippen molar-refractivity contribution in [1.82, 2.24) is 5.32 Å². The highest BCUT2D eigenvalue weighted by Crippen LogP contribution is 2.40. The average molecular weight is 389 g/mol. The number of rotatable bonds is 4. The molecule has 0 aliphatic rings. The SMILES string of the molecule is CNC(c1cc(Br)sc1Br)C(C)c1ccccc1. The Morgan fingerprint density at radius 2 is 1.83 bits per heavy atom. The van der Waals surface area contributed by atoms with Crippen molar-refractivity contribution in [3.63, 3.8) is 0 Å². The summed E-state index contributed by atoms with van der Waals surface area (Å²) in [6.45, 7) is 2.26. The molecule has 0 aliphatic carbocycles. The Labute approximate surface area is 129 Å². The molecular weight excluding hydrogens is 374 g/mol. The predicted molar refractivity (Wildman–Crippen MR) is 86.4 cm³/mol. The van der Waals surface area contributed by atoms with Crippen LogP contribution in [0.25, 0.3) is 0 Å². The van der Waals surface area contributed by atoms with Gasteiger partial charge in [-0.25, -0.2) is 0 Å². The Morgan fingerprint density at radius 1 is 1.17 bits per heavy atom. The van der Waals surface area contributed by atoms with E-state index < -0.39 is 0 Å². The van der Waals surface area contributed by atoms with Gasteiger partial charge in [-0.3, -0.25) is 0 Å². The van der Waals surface area contributed by atoms with Gasteiger partial charge in [0.05, 0.1) is 7.57 Å². The van der Waals surface area contributed by atoms with E-state index in [1.165, 1.54) is 14.9 Å². The summed E-state index contributed by atoms with van der Waals surface area (Å²) in [7, 11) is 2.02. The van der Waals surface area contributed by atoms with Crippen LogP contribution in [0.2, 0.25) is 0 Å². The van der Waals surface area contributed by atoms with Gasteiger partial charge in [-0.2, -0.15) is 0 Å². The average Bonchev–Trinajstić information content (AvgIpc) is 2.70. The standard InChI is InChI=1S/C14H15Br2NS/c1-9(10-6-4-3-5-7-10)13(17-2)11-8-12(15)18-14(11)16/h3-9,13,17H,1-2H3. The molecule has 18 heavy (non-hydrogen) atoms. The number of likely N-dealkylation sites (N-methyl/N-ethyl adjacent to an activating group) is 1. The second kappa shape index (κ2) is 6.33. The number of halogens is 2. The minimum Gasteiger partial charge on any atom is -0.312 e. The number of benzene rings is 1. The van der Waals surface area contributed by atoms with Crippen LogP contribution in [-0.2, 0) is 0 Å². The monoisotopic (exact) mass is 387 g/mol. The van der Waals surface area contributed by atoms with Gasteiger partial charge < -0.3 is 5.32 Å². The maximum absolute atomic E-state index is 3.65. The molecular formula is C14H15Br2NS. The van der Waals surface area contributed by atoms with E-state index in [9.17, 15) is 0 Å². The summed E-state index contributed by atoms with van der Waals surface area (Å²) in [5.74, 6) is 0.425. The number of nitrogens with one attached hydrogen (secondary N) is 1. The van der Waals surface area contributed by atoms with E-state index in [4.69, 9.17) is 0 Å². The molecule has 2 rings (SSSR count). The molecule has 1 aromatic carbocycles. The first-order chi connectivity index (χ1) is 8.63. The fraction of sp³-hybridized carbons (Fsp3) is 0.286. The Balaban J connectivity index is 2.32. The molecule has 0 aliphatic heterocycles. The van der Waals surface area contributed by atoms with Gasteiger partial charge in [0.25, 0.3) is 0 Å². The Morgan fingerprint density at radius 3 is 2.33 bits per heavy atom. The van der Waals surface area contributed by atoms with Crippen molar-refractivity contribution >= 4 is 43.2 Å². The molecule has 0 radical (unpaired) electrons. The van der Waals surface area contributed by atoms with Crippen molar-refractivity contribution in [2.24, 2.45) is 0 Å². The van der Waals surface area contributed by atoms with Crippen molar-refractivity contribution in [3.05, 3.63) is 55.1 Å². The van der Waals surface area contributed by atoms with Crippen LogP contribution in [0.3, 0.4) is 0 Å². The highest BCUT2D eigenvalue weighted by Gasteiger charge is 2.22. The molecule has 1 nitrogen and oxygen atoms in total. The van der Waals surface area contributed by atoms with Crippen LogP contribution >= 0.6 is 43.2 Å². The van der Waals surface area contributed by atoms with Crippen molar-refractivity contribution < 1.29 is 0 Å². The molecule has 0 spiro atoms. The molecule has 0 fully saturated rings. The van der Waals surface area contributed by atoms with E-state index >= 15 is 0 Å². The van der Waals surface area contributed by atoms with Gasteiger partial charge in [0, 0.05) is 12.0 Å². The largest absolute Gasteiger partial charge is 0.312 e. The lowest BCUT2D eigenvalue weighted by molar-refractivity contribution is 0.508. The van der Waals surface area contributed by atoms with Crippen molar-refractivity contribution in [1.29, 1.82) is 0 Å². The Bertz CT molecular complexity index is 510. The summed E-state index contributed by atoms with van der Waals surface area (Å²) in [4.78, 5) is 0. The summed E-state index contributed by atoms with van der Waals surface area (Å²) < 4.78 is 2.35. The van der Waals surface area contributed by atoms with Crippen molar-refractivity contribution in [3.8, 4) is 0 Å². The van der Waals surface area contributed by atoms with Crippen molar-refractivity contribution in [2.75, 3.05) is 7.05 Å². The van der Waals surface area contributed by atoms with E-state index in [0.29, 0.717) is 12.0 Å². The van der Waals surface area contributed by atoms with Gasteiger partial charge in [0.2, 0.25) is 0 Å². The molecule has 0 amide bonds. The second-order valence-corrected chi connectivity index (χ2v) is 7.99. The fourth-order valence-corrected chi connectivity index (χ4v) is 5.12. The van der Waals surface area contributed by atoms with E-state index in [0.717, 1.165) is 3.79 Å². The van der Waals surface area contributed by atoms with Gasteiger partial charge in [-0.15, -0.1) is 11.3 Å². The van der Waals surface area contributed by atoms with Crippen LogP contribution in [-0.4, -0.2) is 7.05 Å². The molecule has 0 saturated heterocycles. The lowest BCUT2D eigenvalue weighted by atomic mass is 9.90. The first kappa shape index (κ1) is 14.3. The topological polar surface area (TPSA) is 12.0 Å². The fourth-order valence-electron chi connectivity index (χ4n) is 2.19.